The number of anilines is 2. The van der Waals surface area contributed by atoms with Crippen LogP contribution in [0.4, 0.5) is 11.4 Å². The maximum Gasteiger partial charge on any atom is 0.246 e. The van der Waals surface area contributed by atoms with Crippen molar-refractivity contribution in [2.24, 2.45) is 0 Å². The van der Waals surface area contributed by atoms with E-state index in [0.29, 0.717) is 26.3 Å². The molecule has 0 aliphatic carbocycles. The zero-order valence-corrected chi connectivity index (χ0v) is 11.5. The van der Waals surface area contributed by atoms with Gasteiger partial charge < -0.3 is 20.3 Å². The number of carbonyl (C=O) groups excluding carboxylic acids is 1. The summed E-state index contributed by atoms with van der Waals surface area (Å²) >= 11 is 0. The molecule has 0 bridgehead atoms. The number of carbonyl (C=O) groups is 1. The molecule has 2 rings (SSSR count). The molecule has 0 saturated carbocycles. The van der Waals surface area contributed by atoms with E-state index in [4.69, 9.17) is 4.74 Å². The fourth-order valence-corrected chi connectivity index (χ4v) is 2.08. The number of nitrogens with zero attached hydrogens (tertiary/aromatic N) is 1. The average molecular weight is 263 g/mol. The molecule has 19 heavy (non-hydrogen) atoms. The van der Waals surface area contributed by atoms with Crippen molar-refractivity contribution in [2.45, 2.75) is 13.0 Å². The van der Waals surface area contributed by atoms with Gasteiger partial charge in [0.1, 0.15) is 6.04 Å². The van der Waals surface area contributed by atoms with Gasteiger partial charge in [0.05, 0.1) is 18.0 Å². The van der Waals surface area contributed by atoms with Crippen LogP contribution in [-0.2, 0) is 9.53 Å². The lowest BCUT2D eigenvalue weighted by Gasteiger charge is -2.30. The molecule has 1 heterocycles. The van der Waals surface area contributed by atoms with Gasteiger partial charge in [0, 0.05) is 26.7 Å². The Morgan fingerprint density at radius 2 is 2.16 bits per heavy atom. The van der Waals surface area contributed by atoms with Gasteiger partial charge in [-0.05, 0) is 19.1 Å². The van der Waals surface area contributed by atoms with Crippen molar-refractivity contribution in [1.29, 1.82) is 0 Å². The molecule has 1 aromatic rings. The smallest absolute Gasteiger partial charge is 0.246 e. The van der Waals surface area contributed by atoms with Crippen molar-refractivity contribution < 1.29 is 9.53 Å². The van der Waals surface area contributed by atoms with Crippen LogP contribution >= 0.6 is 0 Å². The molecule has 1 amide bonds. The Morgan fingerprint density at radius 1 is 1.42 bits per heavy atom. The van der Waals surface area contributed by atoms with Gasteiger partial charge in [0.15, 0.2) is 0 Å². The quantitative estimate of drug-likeness (QED) is 0.788. The highest BCUT2D eigenvalue weighted by Crippen LogP contribution is 2.25. The first-order valence-electron chi connectivity index (χ1n) is 6.64. The summed E-state index contributed by atoms with van der Waals surface area (Å²) in [6, 6.07) is 7.69. The minimum Gasteiger partial charge on any atom is -0.381 e. The Bertz CT molecular complexity index is 436. The molecule has 1 atom stereocenters. The Balaban J connectivity index is 1.91. The van der Waals surface area contributed by atoms with E-state index in [0.717, 1.165) is 11.4 Å². The number of hydrogen-bond donors (Lipinski definition) is 2. The maximum atomic E-state index is 12.3. The number of nitrogens with one attached hydrogen (secondary N) is 2. The second-order valence-corrected chi connectivity index (χ2v) is 4.58. The van der Waals surface area contributed by atoms with Crippen molar-refractivity contribution >= 4 is 17.3 Å². The monoisotopic (exact) mass is 263 g/mol. The molecule has 0 saturated heterocycles. The van der Waals surface area contributed by atoms with Crippen LogP contribution in [0.3, 0.4) is 0 Å². The van der Waals surface area contributed by atoms with E-state index in [1.807, 2.05) is 38.2 Å². The number of benzene rings is 1. The molecular weight excluding hydrogens is 242 g/mol. The Kier molecular flexibility index (Phi) is 4.63. The number of rotatable bonds is 5. The standard InChI is InChI=1S/C14H21N3O2/c1-3-19-9-8-17(2)14(18)13-10-15-11-6-4-5-7-12(11)16-13/h4-7,13,15-16H,3,8-10H2,1-2H3. The van der Waals surface area contributed by atoms with E-state index in [-0.39, 0.29) is 11.9 Å². The summed E-state index contributed by atoms with van der Waals surface area (Å²) in [5, 5.41) is 6.55. The highest BCUT2D eigenvalue weighted by molar-refractivity contribution is 5.88. The second-order valence-electron chi connectivity index (χ2n) is 4.58. The highest BCUT2D eigenvalue weighted by Gasteiger charge is 2.25. The zero-order valence-electron chi connectivity index (χ0n) is 11.5. The lowest BCUT2D eigenvalue weighted by atomic mass is 10.1. The summed E-state index contributed by atoms with van der Waals surface area (Å²) in [4.78, 5) is 14.0. The minimum absolute atomic E-state index is 0.0849. The third-order valence-corrected chi connectivity index (χ3v) is 3.20. The summed E-state index contributed by atoms with van der Waals surface area (Å²) in [6.07, 6.45) is 0. The predicted molar refractivity (Wildman–Crippen MR) is 76.5 cm³/mol. The van der Waals surface area contributed by atoms with Gasteiger partial charge in [0.2, 0.25) is 5.91 Å². The summed E-state index contributed by atoms with van der Waals surface area (Å²) in [6.45, 7) is 4.43. The lowest BCUT2D eigenvalue weighted by Crippen LogP contribution is -2.47. The van der Waals surface area contributed by atoms with E-state index in [1.165, 1.54) is 0 Å². The number of fused-ring (bicyclic) bond motifs is 1. The molecule has 1 aromatic carbocycles. The van der Waals surface area contributed by atoms with Crippen LogP contribution in [-0.4, -0.2) is 50.2 Å². The summed E-state index contributed by atoms with van der Waals surface area (Å²) in [5.74, 6) is 0.0849. The van der Waals surface area contributed by atoms with Gasteiger partial charge in [-0.25, -0.2) is 0 Å². The van der Waals surface area contributed by atoms with E-state index >= 15 is 0 Å². The van der Waals surface area contributed by atoms with Crippen LogP contribution in [0.2, 0.25) is 0 Å². The van der Waals surface area contributed by atoms with Gasteiger partial charge >= 0.3 is 0 Å². The number of amides is 1. The fourth-order valence-electron chi connectivity index (χ4n) is 2.08. The van der Waals surface area contributed by atoms with Crippen molar-refractivity contribution in [1.82, 2.24) is 4.90 Å². The molecular formula is C14H21N3O2. The molecule has 0 aromatic heterocycles. The van der Waals surface area contributed by atoms with Crippen molar-refractivity contribution in [3.63, 3.8) is 0 Å². The van der Waals surface area contributed by atoms with Crippen LogP contribution in [0.25, 0.3) is 0 Å². The Morgan fingerprint density at radius 3 is 2.89 bits per heavy atom. The van der Waals surface area contributed by atoms with Crippen LogP contribution in [0.1, 0.15) is 6.92 Å². The van der Waals surface area contributed by atoms with E-state index < -0.39 is 0 Å². The zero-order chi connectivity index (χ0) is 13.7. The Hall–Kier alpha value is -1.75. The first-order chi connectivity index (χ1) is 9.22. The van der Waals surface area contributed by atoms with Crippen LogP contribution in [0.5, 0.6) is 0 Å². The topological polar surface area (TPSA) is 53.6 Å². The molecule has 2 N–H and O–H groups in total. The lowest BCUT2D eigenvalue weighted by molar-refractivity contribution is -0.131. The van der Waals surface area contributed by atoms with Gasteiger partial charge in [0.25, 0.3) is 0 Å². The number of hydrogen-bond acceptors (Lipinski definition) is 4. The molecule has 0 fully saturated rings. The van der Waals surface area contributed by atoms with E-state index in [1.54, 1.807) is 4.90 Å². The molecule has 1 aliphatic rings. The Labute approximate surface area is 113 Å². The SMILES string of the molecule is CCOCCN(C)C(=O)C1CNc2ccccc2N1. The van der Waals surface area contributed by atoms with Gasteiger partial charge in [-0.3, -0.25) is 4.79 Å². The van der Waals surface area contributed by atoms with Crippen LogP contribution in [0.15, 0.2) is 24.3 Å². The minimum atomic E-state index is -0.221. The van der Waals surface area contributed by atoms with Crippen molar-refractivity contribution in [2.75, 3.05) is 44.0 Å². The number of likely N-dealkylation sites (N-methyl/N-ethyl adjacent to an activating group) is 1. The van der Waals surface area contributed by atoms with Gasteiger partial charge in [-0.2, -0.15) is 0 Å². The average Bonchev–Trinajstić information content (AvgIpc) is 2.46. The largest absolute Gasteiger partial charge is 0.381 e. The van der Waals surface area contributed by atoms with E-state index in [9.17, 15) is 4.79 Å². The molecule has 1 aliphatic heterocycles. The summed E-state index contributed by atoms with van der Waals surface area (Å²) in [5.41, 5.74) is 2.02. The van der Waals surface area contributed by atoms with E-state index in [2.05, 4.69) is 10.6 Å². The van der Waals surface area contributed by atoms with Crippen LogP contribution < -0.4 is 10.6 Å². The normalized spacial score (nSPS) is 17.1. The fraction of sp³-hybridized carbons (Fsp3) is 0.500. The van der Waals surface area contributed by atoms with Crippen molar-refractivity contribution in [3.05, 3.63) is 24.3 Å². The molecule has 1 unspecified atom stereocenters. The predicted octanol–water partition coefficient (Wildman–Crippen LogP) is 1.39. The number of para-hydroxylation sites is 2. The molecule has 0 radical (unpaired) electrons. The second kappa shape index (κ2) is 6.43. The molecule has 5 nitrogen and oxygen atoms in total. The summed E-state index contributed by atoms with van der Waals surface area (Å²) < 4.78 is 5.27. The highest BCUT2D eigenvalue weighted by atomic mass is 16.5. The molecule has 0 spiro atoms. The van der Waals surface area contributed by atoms with Crippen LogP contribution in [0, 0.1) is 0 Å². The first-order valence-corrected chi connectivity index (χ1v) is 6.64. The number of ether oxygens (including phenoxy) is 1. The third-order valence-electron chi connectivity index (χ3n) is 3.20. The van der Waals surface area contributed by atoms with Gasteiger partial charge in [-0.1, -0.05) is 12.1 Å². The van der Waals surface area contributed by atoms with Gasteiger partial charge in [-0.15, -0.1) is 0 Å². The molecule has 104 valence electrons. The maximum absolute atomic E-state index is 12.3. The summed E-state index contributed by atoms with van der Waals surface area (Å²) in [7, 11) is 1.81. The van der Waals surface area contributed by atoms with Crippen molar-refractivity contribution in [3.8, 4) is 0 Å². The first kappa shape index (κ1) is 13.7. The third kappa shape index (κ3) is 3.38. The molecule has 5 heteroatoms.